The van der Waals surface area contributed by atoms with Crippen LogP contribution in [0.5, 0.6) is 0 Å². The summed E-state index contributed by atoms with van der Waals surface area (Å²) < 4.78 is 7.80. The summed E-state index contributed by atoms with van der Waals surface area (Å²) in [5.74, 6) is 1.25. The number of ether oxygens (including phenoxy) is 1. The highest BCUT2D eigenvalue weighted by Gasteiger charge is 2.47. The zero-order chi connectivity index (χ0) is 31.5. The number of imidazole rings is 1. The summed E-state index contributed by atoms with van der Waals surface area (Å²) in [7, 11) is 0. The Kier molecular flexibility index (Phi) is 8.83. The lowest BCUT2D eigenvalue weighted by Gasteiger charge is -2.20. The Hall–Kier alpha value is -4.50. The molecule has 46 heavy (non-hydrogen) atoms. The minimum Gasteiger partial charge on any atom is -0.387 e. The number of likely N-dealkylation sites (tertiary alicyclic amines) is 1. The standard InChI is InChI=1S/C32H39N11O3/c1-2-43-39-29(38-40-43)27-25(44)26(45)31(46-27)42-20-35-24-28(36-32(37-30(24)42)33-15-18-41-16-9-10-17-41)34-19-23(21-11-5-3-6-12-21)22-13-7-4-8-14-22/h3-8,11-14,20,23,25-27,31,44-45H,2,9-10,15-19H2,1H3,(H2,33,34,36,37)/t25-,26+,27?,31+/m0/s1. The average molecular weight is 626 g/mol. The molecule has 0 aliphatic carbocycles. The van der Waals surface area contributed by atoms with Crippen LogP contribution in [0.15, 0.2) is 67.0 Å². The fourth-order valence-electron chi connectivity index (χ4n) is 6.24. The summed E-state index contributed by atoms with van der Waals surface area (Å²) in [6, 6.07) is 20.7. The maximum Gasteiger partial charge on any atom is 0.226 e. The monoisotopic (exact) mass is 625 g/mol. The first-order chi connectivity index (χ1) is 22.6. The van der Waals surface area contributed by atoms with Crippen molar-refractivity contribution in [2.45, 2.75) is 56.8 Å². The highest BCUT2D eigenvalue weighted by atomic mass is 16.6. The van der Waals surface area contributed by atoms with Gasteiger partial charge in [-0.25, -0.2) is 4.98 Å². The van der Waals surface area contributed by atoms with E-state index in [2.05, 4.69) is 60.2 Å². The van der Waals surface area contributed by atoms with Crippen LogP contribution in [0.3, 0.4) is 0 Å². The van der Waals surface area contributed by atoms with Gasteiger partial charge in [0.15, 0.2) is 29.3 Å². The number of tetrazole rings is 1. The molecule has 0 radical (unpaired) electrons. The quantitative estimate of drug-likeness (QED) is 0.160. The number of aromatic nitrogens is 8. The number of aliphatic hydroxyl groups excluding tert-OH is 2. The lowest BCUT2D eigenvalue weighted by molar-refractivity contribution is -0.0384. The van der Waals surface area contributed by atoms with Gasteiger partial charge in [0.05, 0.1) is 12.9 Å². The van der Waals surface area contributed by atoms with Gasteiger partial charge in [0.1, 0.15) is 12.2 Å². The molecule has 0 bridgehead atoms. The van der Waals surface area contributed by atoms with Gasteiger partial charge in [-0.3, -0.25) is 4.57 Å². The van der Waals surface area contributed by atoms with E-state index in [-0.39, 0.29) is 11.7 Å². The van der Waals surface area contributed by atoms with Gasteiger partial charge in [-0.2, -0.15) is 14.8 Å². The molecule has 7 rings (SSSR count). The molecule has 5 heterocycles. The first-order valence-corrected chi connectivity index (χ1v) is 15.9. The van der Waals surface area contributed by atoms with E-state index in [1.807, 2.05) is 43.3 Å². The summed E-state index contributed by atoms with van der Waals surface area (Å²) in [6.45, 7) is 6.73. The molecule has 14 heteroatoms. The zero-order valence-corrected chi connectivity index (χ0v) is 25.7. The molecule has 1 unspecified atom stereocenters. The van der Waals surface area contributed by atoms with Crippen LogP contribution in [0, 0.1) is 0 Å². The molecule has 2 aliphatic rings. The van der Waals surface area contributed by atoms with Crippen LogP contribution in [0.1, 0.15) is 55.0 Å². The maximum absolute atomic E-state index is 11.1. The number of fused-ring (bicyclic) bond motifs is 1. The molecule has 4 atom stereocenters. The SMILES string of the molecule is CCn1nnc(C2O[C@@H](n3cnc4c(NCC(c5ccccc5)c5ccccc5)nc(NCCN5CCCC5)nc43)[C@H](O)[C@@H]2O)n1. The van der Waals surface area contributed by atoms with Gasteiger partial charge in [0, 0.05) is 25.6 Å². The first kappa shape index (κ1) is 30.2. The predicted molar refractivity (Wildman–Crippen MR) is 171 cm³/mol. The second-order valence-electron chi connectivity index (χ2n) is 11.7. The molecule has 2 aromatic carbocycles. The van der Waals surface area contributed by atoms with Crippen molar-refractivity contribution < 1.29 is 14.9 Å². The summed E-state index contributed by atoms with van der Waals surface area (Å²) in [5, 5.41) is 41.3. The van der Waals surface area contributed by atoms with Crippen LogP contribution in [-0.2, 0) is 11.3 Å². The first-order valence-electron chi connectivity index (χ1n) is 15.9. The summed E-state index contributed by atoms with van der Waals surface area (Å²) in [6.07, 6.45) is -0.500. The van der Waals surface area contributed by atoms with E-state index in [9.17, 15) is 10.2 Å². The van der Waals surface area contributed by atoms with Gasteiger partial charge < -0.3 is 30.5 Å². The Labute approximate surface area is 266 Å². The van der Waals surface area contributed by atoms with Crippen molar-refractivity contribution in [2.24, 2.45) is 0 Å². The molecule has 2 aliphatic heterocycles. The molecular weight excluding hydrogens is 586 g/mol. The van der Waals surface area contributed by atoms with Gasteiger partial charge in [0.25, 0.3) is 0 Å². The van der Waals surface area contributed by atoms with E-state index in [4.69, 9.17) is 14.7 Å². The topological polar surface area (TPSA) is 164 Å². The van der Waals surface area contributed by atoms with Gasteiger partial charge in [-0.15, -0.1) is 10.2 Å². The molecule has 2 saturated heterocycles. The highest BCUT2D eigenvalue weighted by molar-refractivity contribution is 5.84. The smallest absolute Gasteiger partial charge is 0.226 e. The molecular formula is C32H39N11O3. The Bertz CT molecular complexity index is 1690. The fourth-order valence-corrected chi connectivity index (χ4v) is 6.24. The van der Waals surface area contributed by atoms with Crippen LogP contribution >= 0.6 is 0 Å². The third-order valence-corrected chi connectivity index (χ3v) is 8.73. The second-order valence-corrected chi connectivity index (χ2v) is 11.7. The number of nitrogens with zero attached hydrogens (tertiary/aromatic N) is 9. The fraction of sp³-hybridized carbons (Fsp3) is 0.438. The Morgan fingerprint density at radius 1 is 0.935 bits per heavy atom. The van der Waals surface area contributed by atoms with E-state index in [0.29, 0.717) is 42.6 Å². The summed E-state index contributed by atoms with van der Waals surface area (Å²) in [5.41, 5.74) is 3.34. The van der Waals surface area contributed by atoms with Crippen molar-refractivity contribution in [2.75, 3.05) is 43.4 Å². The Morgan fingerprint density at radius 2 is 1.65 bits per heavy atom. The number of anilines is 2. The molecule has 240 valence electrons. The highest BCUT2D eigenvalue weighted by Crippen LogP contribution is 2.39. The number of aryl methyl sites for hydroxylation is 1. The van der Waals surface area contributed by atoms with Crippen molar-refractivity contribution in [1.29, 1.82) is 0 Å². The van der Waals surface area contributed by atoms with Crippen molar-refractivity contribution in [3.8, 4) is 0 Å². The Balaban J connectivity index is 1.20. The largest absolute Gasteiger partial charge is 0.387 e. The molecule has 5 aromatic rings. The lowest BCUT2D eigenvalue weighted by atomic mass is 9.91. The van der Waals surface area contributed by atoms with E-state index < -0.39 is 24.5 Å². The second kappa shape index (κ2) is 13.5. The summed E-state index contributed by atoms with van der Waals surface area (Å²) >= 11 is 0. The molecule has 3 aromatic heterocycles. The third-order valence-electron chi connectivity index (χ3n) is 8.73. The Morgan fingerprint density at radius 3 is 2.33 bits per heavy atom. The van der Waals surface area contributed by atoms with Gasteiger partial charge in [-0.05, 0) is 49.2 Å². The maximum atomic E-state index is 11.1. The normalized spacial score (nSPS) is 21.8. The number of benzene rings is 2. The van der Waals surface area contributed by atoms with Crippen LogP contribution in [-0.4, -0.2) is 99.8 Å². The van der Waals surface area contributed by atoms with Crippen LogP contribution < -0.4 is 10.6 Å². The lowest BCUT2D eigenvalue weighted by Crippen LogP contribution is -2.29. The van der Waals surface area contributed by atoms with Gasteiger partial charge in [0.2, 0.25) is 11.8 Å². The zero-order valence-electron chi connectivity index (χ0n) is 25.7. The van der Waals surface area contributed by atoms with Crippen molar-refractivity contribution in [3.05, 3.63) is 83.9 Å². The summed E-state index contributed by atoms with van der Waals surface area (Å²) in [4.78, 5) is 18.2. The molecule has 14 nitrogen and oxygen atoms in total. The third kappa shape index (κ3) is 6.16. The van der Waals surface area contributed by atoms with E-state index in [0.717, 1.165) is 19.6 Å². The number of nitrogens with one attached hydrogen (secondary N) is 2. The van der Waals surface area contributed by atoms with Gasteiger partial charge in [-0.1, -0.05) is 60.7 Å². The van der Waals surface area contributed by atoms with E-state index in [1.165, 1.54) is 28.8 Å². The number of aliphatic hydroxyl groups is 2. The van der Waals surface area contributed by atoms with Gasteiger partial charge >= 0.3 is 0 Å². The number of rotatable bonds is 12. The van der Waals surface area contributed by atoms with Crippen molar-refractivity contribution >= 4 is 22.9 Å². The van der Waals surface area contributed by atoms with Crippen LogP contribution in [0.25, 0.3) is 11.2 Å². The van der Waals surface area contributed by atoms with E-state index >= 15 is 0 Å². The van der Waals surface area contributed by atoms with Crippen molar-refractivity contribution in [1.82, 2.24) is 44.6 Å². The van der Waals surface area contributed by atoms with Crippen molar-refractivity contribution in [3.63, 3.8) is 0 Å². The predicted octanol–water partition coefficient (Wildman–Crippen LogP) is 2.58. The minimum absolute atomic E-state index is 0.0565. The molecule has 0 spiro atoms. The molecule has 4 N–H and O–H groups in total. The van der Waals surface area contributed by atoms with E-state index in [1.54, 1.807) is 10.9 Å². The number of hydrogen-bond acceptors (Lipinski definition) is 12. The minimum atomic E-state index is -1.28. The van der Waals surface area contributed by atoms with Crippen LogP contribution in [0.4, 0.5) is 11.8 Å². The molecule has 2 fully saturated rings. The molecule has 0 amide bonds. The number of hydrogen-bond donors (Lipinski definition) is 4. The molecule has 0 saturated carbocycles. The average Bonchev–Trinajstić information content (AvgIpc) is 3.91. The van der Waals surface area contributed by atoms with Crippen LogP contribution in [0.2, 0.25) is 0 Å².